The van der Waals surface area contributed by atoms with Crippen LogP contribution < -0.4 is 27.7 Å². The van der Waals surface area contributed by atoms with E-state index in [9.17, 15) is 0 Å². The molecule has 0 aliphatic heterocycles. The lowest BCUT2D eigenvalue weighted by atomic mass is 10.2. The van der Waals surface area contributed by atoms with Crippen molar-refractivity contribution in [1.82, 2.24) is 0 Å². The molecule has 0 spiro atoms. The van der Waals surface area contributed by atoms with Crippen LogP contribution in [0, 0.1) is 0 Å². The largest absolute Gasteiger partial charge is 0.455 e. The summed E-state index contributed by atoms with van der Waals surface area (Å²) < 4.78 is 5.59. The Bertz CT molecular complexity index is 534. The zero-order chi connectivity index (χ0) is 12.4. The lowest BCUT2D eigenvalue weighted by Gasteiger charge is -2.10. The minimum atomic E-state index is 0.464. The second kappa shape index (κ2) is 4.13. The molecule has 0 amide bonds. The number of ether oxygens (including phenoxy) is 1. The summed E-state index contributed by atoms with van der Waals surface area (Å²) in [5, 5.41) is 0. The van der Waals surface area contributed by atoms with Crippen molar-refractivity contribution in [3.05, 3.63) is 36.4 Å². The van der Waals surface area contributed by atoms with E-state index >= 15 is 0 Å². The van der Waals surface area contributed by atoms with Gasteiger partial charge in [-0.15, -0.1) is 0 Å². The van der Waals surface area contributed by atoms with E-state index < -0.39 is 0 Å². The Balaban J connectivity index is 2.31. The van der Waals surface area contributed by atoms with E-state index in [-0.39, 0.29) is 0 Å². The molecule has 0 fully saturated rings. The Morgan fingerprint density at radius 2 is 1.35 bits per heavy atom. The van der Waals surface area contributed by atoms with Crippen molar-refractivity contribution in [3.63, 3.8) is 0 Å². The number of hydrogen-bond donors (Lipinski definition) is 4. The predicted molar refractivity (Wildman–Crippen MR) is 70.6 cm³/mol. The summed E-state index contributed by atoms with van der Waals surface area (Å²) >= 11 is 0. The summed E-state index contributed by atoms with van der Waals surface area (Å²) in [5.74, 6) is 1.06. The van der Waals surface area contributed by atoms with Crippen LogP contribution in [0.3, 0.4) is 0 Å². The molecule has 2 aromatic carbocycles. The zero-order valence-electron chi connectivity index (χ0n) is 9.18. The minimum absolute atomic E-state index is 0.464. The molecule has 0 aromatic heterocycles. The van der Waals surface area contributed by atoms with Gasteiger partial charge in [0.2, 0.25) is 0 Å². The Labute approximate surface area is 99.0 Å². The predicted octanol–water partition coefficient (Wildman–Crippen LogP) is 1.81. The molecule has 0 heterocycles. The van der Waals surface area contributed by atoms with Crippen molar-refractivity contribution in [2.24, 2.45) is 0 Å². The van der Waals surface area contributed by atoms with Crippen LogP contribution in [0.4, 0.5) is 22.7 Å². The van der Waals surface area contributed by atoms with Gasteiger partial charge in [0.25, 0.3) is 0 Å². The molecular formula is C12H14N4O. The number of nitrogens with two attached hydrogens (primary N) is 4. The highest BCUT2D eigenvalue weighted by Gasteiger charge is 2.04. The number of hydrogen-bond acceptors (Lipinski definition) is 5. The number of benzene rings is 2. The Kier molecular flexibility index (Phi) is 2.66. The van der Waals surface area contributed by atoms with Crippen molar-refractivity contribution in [2.45, 2.75) is 0 Å². The SMILES string of the molecule is Nc1cc(N)cc(Oc2ccc(N)cc2N)c1. The van der Waals surface area contributed by atoms with Crippen LogP contribution in [0.15, 0.2) is 36.4 Å². The maximum absolute atomic E-state index is 5.78. The molecule has 8 N–H and O–H groups in total. The van der Waals surface area contributed by atoms with Gasteiger partial charge in [-0.25, -0.2) is 0 Å². The van der Waals surface area contributed by atoms with Crippen LogP contribution in [0.1, 0.15) is 0 Å². The number of nitrogen functional groups attached to an aromatic ring is 4. The van der Waals surface area contributed by atoms with Crippen LogP contribution in [-0.4, -0.2) is 0 Å². The van der Waals surface area contributed by atoms with Crippen LogP contribution in [0.25, 0.3) is 0 Å². The van der Waals surface area contributed by atoms with E-state index in [0.29, 0.717) is 34.2 Å². The van der Waals surface area contributed by atoms with Crippen LogP contribution in [-0.2, 0) is 0 Å². The molecule has 0 saturated carbocycles. The van der Waals surface area contributed by atoms with Gasteiger partial charge >= 0.3 is 0 Å². The first-order chi connectivity index (χ1) is 8.04. The highest BCUT2D eigenvalue weighted by Crippen LogP contribution is 2.31. The molecule has 2 rings (SSSR count). The van der Waals surface area contributed by atoms with E-state index in [1.54, 1.807) is 36.4 Å². The van der Waals surface area contributed by atoms with Crippen molar-refractivity contribution in [3.8, 4) is 11.5 Å². The highest BCUT2D eigenvalue weighted by molar-refractivity contribution is 5.63. The fraction of sp³-hybridized carbons (Fsp3) is 0. The highest BCUT2D eigenvalue weighted by atomic mass is 16.5. The van der Waals surface area contributed by atoms with Gasteiger partial charge in [-0.05, 0) is 24.3 Å². The van der Waals surface area contributed by atoms with E-state index in [1.165, 1.54) is 0 Å². The summed E-state index contributed by atoms with van der Waals surface area (Å²) in [7, 11) is 0. The lowest BCUT2D eigenvalue weighted by Crippen LogP contribution is -1.96. The molecule has 0 bridgehead atoms. The first-order valence-electron chi connectivity index (χ1n) is 5.03. The van der Waals surface area contributed by atoms with Gasteiger partial charge in [0.15, 0.2) is 0 Å². The smallest absolute Gasteiger partial charge is 0.150 e. The summed E-state index contributed by atoms with van der Waals surface area (Å²) in [4.78, 5) is 0. The van der Waals surface area contributed by atoms with E-state index in [4.69, 9.17) is 27.7 Å². The molecule has 5 heteroatoms. The maximum Gasteiger partial charge on any atom is 0.150 e. The number of anilines is 4. The monoisotopic (exact) mass is 230 g/mol. The van der Waals surface area contributed by atoms with E-state index in [2.05, 4.69) is 0 Å². The van der Waals surface area contributed by atoms with Gasteiger partial charge in [-0.2, -0.15) is 0 Å². The fourth-order valence-electron chi connectivity index (χ4n) is 1.49. The molecule has 0 unspecified atom stereocenters. The second-order valence-electron chi connectivity index (χ2n) is 3.73. The molecule has 88 valence electrons. The van der Waals surface area contributed by atoms with Gasteiger partial charge in [-0.1, -0.05) is 0 Å². The van der Waals surface area contributed by atoms with E-state index in [0.717, 1.165) is 0 Å². The third-order valence-electron chi connectivity index (χ3n) is 2.21. The van der Waals surface area contributed by atoms with Crippen LogP contribution >= 0.6 is 0 Å². The Hall–Kier alpha value is -2.56. The van der Waals surface area contributed by atoms with Crippen molar-refractivity contribution in [1.29, 1.82) is 0 Å². The van der Waals surface area contributed by atoms with Gasteiger partial charge in [-0.3, -0.25) is 0 Å². The minimum Gasteiger partial charge on any atom is -0.455 e. The molecular weight excluding hydrogens is 216 g/mol. The average Bonchev–Trinajstić information content (AvgIpc) is 2.21. The molecule has 0 aliphatic rings. The first-order valence-corrected chi connectivity index (χ1v) is 5.03. The lowest BCUT2D eigenvalue weighted by molar-refractivity contribution is 0.486. The summed E-state index contributed by atoms with van der Waals surface area (Å²) in [6, 6.07) is 10.0. The third-order valence-corrected chi connectivity index (χ3v) is 2.21. The summed E-state index contributed by atoms with van der Waals surface area (Å²) in [5.41, 5.74) is 24.8. The molecule has 0 radical (unpaired) electrons. The van der Waals surface area contributed by atoms with E-state index in [1.807, 2.05) is 0 Å². The second-order valence-corrected chi connectivity index (χ2v) is 3.73. The van der Waals surface area contributed by atoms with Crippen molar-refractivity contribution in [2.75, 3.05) is 22.9 Å². The standard InChI is InChI=1S/C12H14N4O/c13-7-1-2-12(11(16)6-7)17-10-4-8(14)3-9(15)5-10/h1-6H,13-16H2. The first kappa shape index (κ1) is 10.9. The zero-order valence-corrected chi connectivity index (χ0v) is 9.18. The average molecular weight is 230 g/mol. The quantitative estimate of drug-likeness (QED) is 0.587. The van der Waals surface area contributed by atoms with Crippen molar-refractivity contribution < 1.29 is 4.74 Å². The van der Waals surface area contributed by atoms with Crippen molar-refractivity contribution >= 4 is 22.7 Å². The molecule has 0 aliphatic carbocycles. The summed E-state index contributed by atoms with van der Waals surface area (Å²) in [6.07, 6.45) is 0. The molecule has 0 atom stereocenters. The maximum atomic E-state index is 5.78. The fourth-order valence-corrected chi connectivity index (χ4v) is 1.49. The number of rotatable bonds is 2. The van der Waals surface area contributed by atoms with Gasteiger partial charge < -0.3 is 27.7 Å². The molecule has 5 nitrogen and oxygen atoms in total. The van der Waals surface area contributed by atoms with Gasteiger partial charge in [0, 0.05) is 29.2 Å². The topological polar surface area (TPSA) is 113 Å². The molecule has 2 aromatic rings. The summed E-state index contributed by atoms with van der Waals surface area (Å²) in [6.45, 7) is 0. The normalized spacial score (nSPS) is 10.1. The molecule has 17 heavy (non-hydrogen) atoms. The van der Waals surface area contributed by atoms with Crippen LogP contribution in [0.5, 0.6) is 11.5 Å². The third kappa shape index (κ3) is 2.52. The van der Waals surface area contributed by atoms with Gasteiger partial charge in [0.05, 0.1) is 5.69 Å². The Morgan fingerprint density at radius 1 is 0.706 bits per heavy atom. The van der Waals surface area contributed by atoms with Gasteiger partial charge in [0.1, 0.15) is 11.5 Å². The Morgan fingerprint density at radius 3 is 1.94 bits per heavy atom. The molecule has 0 saturated heterocycles. The van der Waals surface area contributed by atoms with Crippen LogP contribution in [0.2, 0.25) is 0 Å².